The van der Waals surface area contributed by atoms with E-state index in [-0.39, 0.29) is 18.0 Å². The Balaban J connectivity index is 1.29. The van der Waals surface area contributed by atoms with Crippen LogP contribution >= 0.6 is 0 Å². The quantitative estimate of drug-likeness (QED) is 0.705. The molecule has 1 spiro atoms. The molecule has 7 heteroatoms. The standard InChI is InChI=1S/C19H22N4O3/c24-16-19(22-17(25)21-16)9-6-15(7-10-19)20-18(26)23-11-8-14(12-23)13-4-2-1-3-5-13/h1-5,8,15H,6-7,9-12H2,(H,20,26)(H2,21,22,24,25). The minimum Gasteiger partial charge on any atom is -0.335 e. The summed E-state index contributed by atoms with van der Waals surface area (Å²) in [7, 11) is 0. The van der Waals surface area contributed by atoms with E-state index in [1.54, 1.807) is 4.90 Å². The van der Waals surface area contributed by atoms with E-state index in [0.717, 1.165) is 11.1 Å². The van der Waals surface area contributed by atoms with Crippen LogP contribution in [0, 0.1) is 0 Å². The van der Waals surface area contributed by atoms with Gasteiger partial charge in [0.1, 0.15) is 5.54 Å². The second-order valence-electron chi connectivity index (χ2n) is 7.19. The first-order valence-corrected chi connectivity index (χ1v) is 8.99. The van der Waals surface area contributed by atoms with Crippen molar-refractivity contribution >= 4 is 23.5 Å². The van der Waals surface area contributed by atoms with Gasteiger partial charge in [0.05, 0.1) is 0 Å². The minimum absolute atomic E-state index is 0.0270. The van der Waals surface area contributed by atoms with Gasteiger partial charge < -0.3 is 15.5 Å². The molecule has 1 saturated carbocycles. The molecule has 1 aromatic rings. The maximum atomic E-state index is 12.6. The molecule has 5 amide bonds. The zero-order valence-electron chi connectivity index (χ0n) is 14.5. The van der Waals surface area contributed by atoms with E-state index in [4.69, 9.17) is 0 Å². The lowest BCUT2D eigenvalue weighted by Gasteiger charge is -2.35. The van der Waals surface area contributed by atoms with Crippen LogP contribution in [0.5, 0.6) is 0 Å². The Morgan fingerprint density at radius 3 is 2.54 bits per heavy atom. The van der Waals surface area contributed by atoms with Crippen molar-refractivity contribution in [1.29, 1.82) is 0 Å². The number of nitrogens with one attached hydrogen (secondary N) is 3. The fraction of sp³-hybridized carbons (Fsp3) is 0.421. The number of amides is 5. The monoisotopic (exact) mass is 354 g/mol. The van der Waals surface area contributed by atoms with Gasteiger partial charge >= 0.3 is 12.1 Å². The fourth-order valence-corrected chi connectivity index (χ4v) is 3.97. The lowest BCUT2D eigenvalue weighted by Crippen LogP contribution is -2.53. The Morgan fingerprint density at radius 2 is 1.88 bits per heavy atom. The molecule has 3 aliphatic rings. The van der Waals surface area contributed by atoms with Gasteiger partial charge in [-0.25, -0.2) is 9.59 Å². The number of nitrogens with zero attached hydrogens (tertiary/aromatic N) is 1. The molecule has 1 aliphatic carbocycles. The molecule has 1 aromatic carbocycles. The molecule has 26 heavy (non-hydrogen) atoms. The third kappa shape index (κ3) is 3.05. The van der Waals surface area contributed by atoms with Crippen LogP contribution < -0.4 is 16.0 Å². The summed E-state index contributed by atoms with van der Waals surface area (Å²) in [6, 6.07) is 9.60. The van der Waals surface area contributed by atoms with E-state index in [2.05, 4.69) is 34.2 Å². The first-order valence-electron chi connectivity index (χ1n) is 8.99. The van der Waals surface area contributed by atoms with Crippen LogP contribution in [0.3, 0.4) is 0 Å². The van der Waals surface area contributed by atoms with Crippen LogP contribution in [0.4, 0.5) is 9.59 Å². The van der Waals surface area contributed by atoms with E-state index >= 15 is 0 Å². The van der Waals surface area contributed by atoms with Crippen LogP contribution in [0.25, 0.3) is 5.57 Å². The minimum atomic E-state index is -0.784. The Hall–Kier alpha value is -2.83. The van der Waals surface area contributed by atoms with Gasteiger partial charge in [-0.3, -0.25) is 10.1 Å². The normalized spacial score (nSPS) is 27.9. The van der Waals surface area contributed by atoms with Crippen molar-refractivity contribution in [1.82, 2.24) is 20.9 Å². The number of carbonyl (C=O) groups is 3. The third-order valence-corrected chi connectivity index (χ3v) is 5.53. The molecule has 2 aliphatic heterocycles. The number of carbonyl (C=O) groups excluding carboxylic acids is 3. The molecule has 1 saturated heterocycles. The van der Waals surface area contributed by atoms with Gasteiger partial charge in [0, 0.05) is 19.1 Å². The summed E-state index contributed by atoms with van der Waals surface area (Å²) in [5, 5.41) is 8.12. The molecule has 0 atom stereocenters. The van der Waals surface area contributed by atoms with E-state index in [9.17, 15) is 14.4 Å². The molecule has 2 fully saturated rings. The summed E-state index contributed by atoms with van der Waals surface area (Å²) >= 11 is 0. The van der Waals surface area contributed by atoms with Crippen molar-refractivity contribution in [2.24, 2.45) is 0 Å². The van der Waals surface area contributed by atoms with Crippen LogP contribution in [-0.4, -0.2) is 47.5 Å². The second kappa shape index (κ2) is 6.48. The predicted molar refractivity (Wildman–Crippen MR) is 96.2 cm³/mol. The highest BCUT2D eigenvalue weighted by molar-refractivity contribution is 6.07. The van der Waals surface area contributed by atoms with Crippen LogP contribution in [0.1, 0.15) is 31.2 Å². The average molecular weight is 354 g/mol. The summed E-state index contributed by atoms with van der Waals surface area (Å²) in [4.78, 5) is 37.7. The van der Waals surface area contributed by atoms with E-state index < -0.39 is 11.6 Å². The number of rotatable bonds is 2. The lowest BCUT2D eigenvalue weighted by atomic mass is 9.79. The highest BCUT2D eigenvalue weighted by atomic mass is 16.2. The topological polar surface area (TPSA) is 90.5 Å². The predicted octanol–water partition coefficient (Wildman–Crippen LogP) is 1.62. The number of urea groups is 2. The molecule has 7 nitrogen and oxygen atoms in total. The number of imide groups is 1. The first kappa shape index (κ1) is 16.6. The summed E-state index contributed by atoms with van der Waals surface area (Å²) in [6.07, 6.45) is 4.52. The Bertz CT molecular complexity index is 766. The smallest absolute Gasteiger partial charge is 0.322 e. The molecule has 3 N–H and O–H groups in total. The zero-order valence-corrected chi connectivity index (χ0v) is 14.5. The first-order chi connectivity index (χ1) is 12.6. The summed E-state index contributed by atoms with van der Waals surface area (Å²) < 4.78 is 0. The second-order valence-corrected chi connectivity index (χ2v) is 7.19. The van der Waals surface area contributed by atoms with Gasteiger partial charge in [0.15, 0.2) is 0 Å². The largest absolute Gasteiger partial charge is 0.335 e. The average Bonchev–Trinajstić information content (AvgIpc) is 3.23. The van der Waals surface area contributed by atoms with E-state index in [1.165, 1.54) is 0 Å². The van der Waals surface area contributed by atoms with Crippen molar-refractivity contribution in [3.8, 4) is 0 Å². The Labute approximate surface area is 151 Å². The highest BCUT2D eigenvalue weighted by Gasteiger charge is 2.48. The Kier molecular flexibility index (Phi) is 4.14. The maximum absolute atomic E-state index is 12.6. The zero-order chi connectivity index (χ0) is 18.1. The molecule has 136 valence electrons. The van der Waals surface area contributed by atoms with E-state index in [1.807, 2.05) is 18.2 Å². The lowest BCUT2D eigenvalue weighted by molar-refractivity contribution is -0.125. The van der Waals surface area contributed by atoms with Crippen LogP contribution in [0.15, 0.2) is 36.4 Å². The number of hydrogen-bond donors (Lipinski definition) is 3. The molecular weight excluding hydrogens is 332 g/mol. The van der Waals surface area contributed by atoms with Crippen molar-refractivity contribution < 1.29 is 14.4 Å². The molecular formula is C19H22N4O3. The van der Waals surface area contributed by atoms with Crippen molar-refractivity contribution in [3.05, 3.63) is 42.0 Å². The Morgan fingerprint density at radius 1 is 1.15 bits per heavy atom. The number of hydrogen-bond acceptors (Lipinski definition) is 3. The molecule has 2 heterocycles. The molecule has 0 aromatic heterocycles. The third-order valence-electron chi connectivity index (χ3n) is 5.53. The van der Waals surface area contributed by atoms with Gasteiger partial charge in [-0.1, -0.05) is 36.4 Å². The van der Waals surface area contributed by atoms with Gasteiger partial charge in [-0.05, 0) is 36.8 Å². The summed E-state index contributed by atoms with van der Waals surface area (Å²) in [5.41, 5.74) is 1.52. The van der Waals surface area contributed by atoms with Crippen molar-refractivity contribution in [2.75, 3.05) is 13.1 Å². The van der Waals surface area contributed by atoms with Crippen LogP contribution in [-0.2, 0) is 4.79 Å². The fourth-order valence-electron chi connectivity index (χ4n) is 3.97. The van der Waals surface area contributed by atoms with Gasteiger partial charge in [-0.15, -0.1) is 0 Å². The van der Waals surface area contributed by atoms with Gasteiger partial charge in [-0.2, -0.15) is 0 Å². The SMILES string of the molecule is O=C1NC(=O)C2(CCC(NC(=O)N3CC=C(c4ccccc4)C3)CC2)N1. The molecule has 0 radical (unpaired) electrons. The molecule has 0 unspecified atom stereocenters. The molecule has 4 rings (SSSR count). The van der Waals surface area contributed by atoms with Gasteiger partial charge in [0.25, 0.3) is 5.91 Å². The van der Waals surface area contributed by atoms with E-state index in [0.29, 0.717) is 38.8 Å². The van der Waals surface area contributed by atoms with Gasteiger partial charge in [0.2, 0.25) is 0 Å². The summed E-state index contributed by atoms with van der Waals surface area (Å²) in [6.45, 7) is 1.20. The van der Waals surface area contributed by atoms with Crippen molar-refractivity contribution in [2.45, 2.75) is 37.3 Å². The highest BCUT2D eigenvalue weighted by Crippen LogP contribution is 2.31. The molecule has 0 bridgehead atoms. The van der Waals surface area contributed by atoms with Crippen molar-refractivity contribution in [3.63, 3.8) is 0 Å². The number of benzene rings is 1. The van der Waals surface area contributed by atoms with Crippen LogP contribution in [0.2, 0.25) is 0 Å². The summed E-state index contributed by atoms with van der Waals surface area (Å²) in [5.74, 6) is -0.247. The maximum Gasteiger partial charge on any atom is 0.322 e.